The first-order valence-electron chi connectivity index (χ1n) is 8.31. The molecule has 132 valence electrons. The molecule has 1 saturated heterocycles. The highest BCUT2D eigenvalue weighted by Crippen LogP contribution is 2.22. The van der Waals surface area contributed by atoms with Gasteiger partial charge in [-0.25, -0.2) is 9.78 Å². The van der Waals surface area contributed by atoms with Crippen LogP contribution in [0.5, 0.6) is 0 Å². The molecule has 25 heavy (non-hydrogen) atoms. The summed E-state index contributed by atoms with van der Waals surface area (Å²) in [6.07, 6.45) is 2.99. The number of ether oxygens (including phenoxy) is 1. The summed E-state index contributed by atoms with van der Waals surface area (Å²) < 4.78 is 6.73. The molecule has 1 amide bonds. The van der Waals surface area contributed by atoms with E-state index in [0.717, 1.165) is 24.3 Å². The van der Waals surface area contributed by atoms with Gasteiger partial charge in [-0.05, 0) is 17.7 Å². The maximum absolute atomic E-state index is 12.5. The minimum Gasteiger partial charge on any atom is -0.378 e. The van der Waals surface area contributed by atoms with Crippen molar-refractivity contribution in [2.75, 3.05) is 38.3 Å². The van der Waals surface area contributed by atoms with Crippen LogP contribution in [0.25, 0.3) is 0 Å². The van der Waals surface area contributed by atoms with Crippen molar-refractivity contribution in [1.82, 2.24) is 14.5 Å². The molecule has 0 spiro atoms. The molecule has 2 heterocycles. The van der Waals surface area contributed by atoms with Gasteiger partial charge in [0.05, 0.1) is 13.2 Å². The Balaban J connectivity index is 1.70. The third kappa shape index (κ3) is 4.24. The van der Waals surface area contributed by atoms with Crippen molar-refractivity contribution in [3.8, 4) is 0 Å². The van der Waals surface area contributed by atoms with E-state index in [1.165, 1.54) is 10.8 Å². The van der Waals surface area contributed by atoms with Crippen molar-refractivity contribution in [3.63, 3.8) is 0 Å². The molecule has 0 unspecified atom stereocenters. The highest BCUT2D eigenvalue weighted by atomic mass is 16.5. The van der Waals surface area contributed by atoms with Gasteiger partial charge in [-0.3, -0.25) is 9.36 Å². The third-order valence-electron chi connectivity index (χ3n) is 4.27. The molecule has 0 atom stereocenters. The molecule has 0 bridgehead atoms. The van der Waals surface area contributed by atoms with E-state index in [-0.39, 0.29) is 12.5 Å². The second-order valence-electron chi connectivity index (χ2n) is 6.01. The zero-order valence-corrected chi connectivity index (χ0v) is 14.3. The molecule has 1 aromatic heterocycles. The second kappa shape index (κ2) is 7.94. The number of para-hydroxylation sites is 1. The van der Waals surface area contributed by atoms with E-state index in [9.17, 15) is 9.59 Å². The Kier molecular flexibility index (Phi) is 5.45. The predicted octanol–water partition coefficient (Wildman–Crippen LogP) is 0.738. The van der Waals surface area contributed by atoms with E-state index in [1.54, 1.807) is 24.2 Å². The van der Waals surface area contributed by atoms with Crippen LogP contribution in [-0.4, -0.2) is 53.7 Å². The number of nitrogens with zero attached hydrogens (tertiary/aromatic N) is 4. The Bertz CT molecular complexity index is 784. The number of carbonyl (C=O) groups is 1. The summed E-state index contributed by atoms with van der Waals surface area (Å²) in [7, 11) is 1.75. The van der Waals surface area contributed by atoms with Gasteiger partial charge in [-0.15, -0.1) is 0 Å². The van der Waals surface area contributed by atoms with E-state index in [4.69, 9.17) is 4.74 Å². The Hall–Kier alpha value is -2.67. The summed E-state index contributed by atoms with van der Waals surface area (Å²) in [6, 6.07) is 9.73. The second-order valence-corrected chi connectivity index (χ2v) is 6.01. The van der Waals surface area contributed by atoms with E-state index in [2.05, 4.69) is 16.0 Å². The smallest absolute Gasteiger partial charge is 0.347 e. The topological polar surface area (TPSA) is 67.7 Å². The number of rotatable bonds is 5. The van der Waals surface area contributed by atoms with Gasteiger partial charge in [-0.2, -0.15) is 0 Å². The van der Waals surface area contributed by atoms with Gasteiger partial charge < -0.3 is 14.5 Å². The van der Waals surface area contributed by atoms with Gasteiger partial charge in [0.2, 0.25) is 5.91 Å². The van der Waals surface area contributed by atoms with E-state index in [1.807, 2.05) is 18.2 Å². The summed E-state index contributed by atoms with van der Waals surface area (Å²) >= 11 is 0. The molecule has 0 radical (unpaired) electrons. The van der Waals surface area contributed by atoms with Crippen LogP contribution in [0, 0.1) is 0 Å². The van der Waals surface area contributed by atoms with Crippen molar-refractivity contribution in [2.45, 2.75) is 13.1 Å². The number of carbonyl (C=O) groups excluding carboxylic acids is 1. The zero-order valence-electron chi connectivity index (χ0n) is 14.3. The SMILES string of the molecule is CN(Cc1ccccc1N1CCOCC1)C(=O)Cn1cccnc1=O. The van der Waals surface area contributed by atoms with Gasteiger partial charge in [0.25, 0.3) is 0 Å². The largest absolute Gasteiger partial charge is 0.378 e. The zero-order chi connectivity index (χ0) is 17.6. The van der Waals surface area contributed by atoms with Crippen LogP contribution in [0.15, 0.2) is 47.5 Å². The number of morpholine rings is 1. The number of likely N-dealkylation sites (N-methyl/N-ethyl adjacent to an activating group) is 1. The quantitative estimate of drug-likeness (QED) is 0.802. The summed E-state index contributed by atoms with van der Waals surface area (Å²) in [6.45, 7) is 3.60. The fourth-order valence-electron chi connectivity index (χ4n) is 2.87. The Labute approximate surface area is 146 Å². The number of hydrogen-bond acceptors (Lipinski definition) is 5. The van der Waals surface area contributed by atoms with Crippen molar-refractivity contribution < 1.29 is 9.53 Å². The summed E-state index contributed by atoms with van der Waals surface area (Å²) in [5, 5.41) is 0. The summed E-state index contributed by atoms with van der Waals surface area (Å²) in [5.41, 5.74) is 1.79. The molecule has 0 N–H and O–H groups in total. The van der Waals surface area contributed by atoms with E-state index < -0.39 is 5.69 Å². The molecule has 1 aromatic carbocycles. The van der Waals surface area contributed by atoms with Gasteiger partial charge in [0.15, 0.2) is 0 Å². The molecule has 3 rings (SSSR count). The summed E-state index contributed by atoms with van der Waals surface area (Å²) in [4.78, 5) is 31.7. The first-order chi connectivity index (χ1) is 12.1. The first kappa shape index (κ1) is 17.2. The van der Waals surface area contributed by atoms with E-state index >= 15 is 0 Å². The molecule has 7 nitrogen and oxygen atoms in total. The lowest BCUT2D eigenvalue weighted by atomic mass is 10.1. The first-order valence-corrected chi connectivity index (χ1v) is 8.31. The monoisotopic (exact) mass is 342 g/mol. The highest BCUT2D eigenvalue weighted by molar-refractivity contribution is 5.76. The Morgan fingerprint density at radius 2 is 2.00 bits per heavy atom. The average molecular weight is 342 g/mol. The molecule has 7 heteroatoms. The molecular weight excluding hydrogens is 320 g/mol. The number of aromatic nitrogens is 2. The molecule has 1 aliphatic heterocycles. The Morgan fingerprint density at radius 3 is 2.76 bits per heavy atom. The standard InChI is InChI=1S/C18H22N4O3/c1-20(17(23)14-22-8-4-7-19-18(22)24)13-15-5-2-3-6-16(15)21-9-11-25-12-10-21/h2-8H,9-14H2,1H3. The van der Waals surface area contributed by atoms with Gasteiger partial charge in [0.1, 0.15) is 6.54 Å². The van der Waals surface area contributed by atoms with Crippen molar-refractivity contribution in [1.29, 1.82) is 0 Å². The average Bonchev–Trinajstić information content (AvgIpc) is 2.64. The van der Waals surface area contributed by atoms with Crippen molar-refractivity contribution >= 4 is 11.6 Å². The van der Waals surface area contributed by atoms with Crippen LogP contribution in [-0.2, 0) is 22.6 Å². The predicted molar refractivity (Wildman–Crippen MR) is 94.4 cm³/mol. The van der Waals surface area contributed by atoms with Crippen LogP contribution in [0.4, 0.5) is 5.69 Å². The fourth-order valence-corrected chi connectivity index (χ4v) is 2.87. The van der Waals surface area contributed by atoms with Gasteiger partial charge in [-0.1, -0.05) is 18.2 Å². The molecule has 2 aromatic rings. The number of hydrogen-bond donors (Lipinski definition) is 0. The van der Waals surface area contributed by atoms with Crippen molar-refractivity contribution in [3.05, 3.63) is 58.8 Å². The molecule has 0 aliphatic carbocycles. The normalized spacial score (nSPS) is 14.4. The molecular formula is C18H22N4O3. The third-order valence-corrected chi connectivity index (χ3v) is 4.27. The van der Waals surface area contributed by atoms with Gasteiger partial charge in [0, 0.05) is 44.8 Å². The van der Waals surface area contributed by atoms with Gasteiger partial charge >= 0.3 is 5.69 Å². The molecule has 0 saturated carbocycles. The lowest BCUT2D eigenvalue weighted by Gasteiger charge is -2.31. The number of benzene rings is 1. The van der Waals surface area contributed by atoms with Crippen LogP contribution in [0.2, 0.25) is 0 Å². The Morgan fingerprint density at radius 1 is 1.24 bits per heavy atom. The minimum atomic E-state index is -0.419. The van der Waals surface area contributed by atoms with E-state index in [0.29, 0.717) is 19.8 Å². The lowest BCUT2D eigenvalue weighted by molar-refractivity contribution is -0.131. The highest BCUT2D eigenvalue weighted by Gasteiger charge is 2.17. The maximum atomic E-state index is 12.5. The van der Waals surface area contributed by atoms with Crippen LogP contribution in [0.1, 0.15) is 5.56 Å². The minimum absolute atomic E-state index is 0.0110. The maximum Gasteiger partial charge on any atom is 0.347 e. The van der Waals surface area contributed by atoms with Crippen LogP contribution < -0.4 is 10.6 Å². The van der Waals surface area contributed by atoms with Crippen molar-refractivity contribution in [2.24, 2.45) is 0 Å². The lowest BCUT2D eigenvalue weighted by Crippen LogP contribution is -2.38. The van der Waals surface area contributed by atoms with Crippen LogP contribution in [0.3, 0.4) is 0 Å². The molecule has 1 aliphatic rings. The fraction of sp³-hybridized carbons (Fsp3) is 0.389. The summed E-state index contributed by atoms with van der Waals surface area (Å²) in [5.74, 6) is -0.133. The number of amides is 1. The number of anilines is 1. The van der Waals surface area contributed by atoms with Crippen LogP contribution >= 0.6 is 0 Å². The molecule has 1 fully saturated rings.